The first-order chi connectivity index (χ1) is 11.0. The van der Waals surface area contributed by atoms with Crippen molar-refractivity contribution in [1.82, 2.24) is 4.90 Å². The number of amides is 1. The third kappa shape index (κ3) is 4.99. The van der Waals surface area contributed by atoms with Crippen LogP contribution in [-0.2, 0) is 20.9 Å². The molecule has 1 aliphatic rings. The molecule has 0 atom stereocenters. The fraction of sp³-hybridized carbons (Fsp3) is 0.500. The summed E-state index contributed by atoms with van der Waals surface area (Å²) in [5.41, 5.74) is 0.426. The van der Waals surface area contributed by atoms with Gasteiger partial charge in [0, 0.05) is 32.2 Å². The van der Waals surface area contributed by atoms with Crippen LogP contribution < -0.4 is 0 Å². The lowest BCUT2D eigenvalue weighted by Crippen LogP contribution is -2.39. The van der Waals surface area contributed by atoms with E-state index in [2.05, 4.69) is 0 Å². The van der Waals surface area contributed by atoms with Gasteiger partial charge in [-0.25, -0.2) is 8.78 Å². The molecule has 1 amide bonds. The summed E-state index contributed by atoms with van der Waals surface area (Å²) in [4.78, 5) is 24.8. The fourth-order valence-electron chi connectivity index (χ4n) is 2.56. The molecule has 23 heavy (non-hydrogen) atoms. The summed E-state index contributed by atoms with van der Waals surface area (Å²) in [6, 6.07) is 3.42. The van der Waals surface area contributed by atoms with Crippen LogP contribution in [-0.4, -0.2) is 41.6 Å². The fourth-order valence-corrected chi connectivity index (χ4v) is 2.56. The van der Waals surface area contributed by atoms with Crippen molar-refractivity contribution in [1.29, 1.82) is 0 Å². The molecule has 126 valence electrons. The molecule has 1 fully saturated rings. The molecule has 1 aromatic carbocycles. The second kappa shape index (κ2) is 8.01. The summed E-state index contributed by atoms with van der Waals surface area (Å²) in [5.74, 6) is -3.34. The van der Waals surface area contributed by atoms with E-state index in [9.17, 15) is 18.4 Å². The lowest BCUT2D eigenvalue weighted by molar-refractivity contribution is -0.141. The van der Waals surface area contributed by atoms with Gasteiger partial charge in [-0.05, 0) is 30.5 Å². The van der Waals surface area contributed by atoms with Gasteiger partial charge in [-0.2, -0.15) is 0 Å². The quantitative estimate of drug-likeness (QED) is 0.870. The number of carboxylic acid groups (broad SMARTS) is 1. The first kappa shape index (κ1) is 17.3. The maximum Gasteiger partial charge on any atom is 0.305 e. The van der Waals surface area contributed by atoms with E-state index in [0.717, 1.165) is 12.1 Å². The second-order valence-electron chi connectivity index (χ2n) is 5.54. The second-order valence-corrected chi connectivity index (χ2v) is 5.54. The lowest BCUT2D eigenvalue weighted by Gasteiger charge is -2.29. The van der Waals surface area contributed by atoms with E-state index in [4.69, 9.17) is 9.84 Å². The Morgan fingerprint density at radius 2 is 1.91 bits per heavy atom. The van der Waals surface area contributed by atoms with E-state index in [1.165, 1.54) is 11.0 Å². The average Bonchev–Trinajstić information content (AvgIpc) is 2.54. The highest BCUT2D eigenvalue weighted by molar-refractivity contribution is 5.79. The van der Waals surface area contributed by atoms with Crippen LogP contribution in [0.15, 0.2) is 18.2 Å². The normalized spacial score (nSPS) is 15.4. The number of halogens is 2. The number of rotatable bonds is 6. The Morgan fingerprint density at radius 1 is 1.22 bits per heavy atom. The van der Waals surface area contributed by atoms with E-state index in [-0.39, 0.29) is 31.3 Å². The van der Waals surface area contributed by atoms with Crippen LogP contribution in [0.2, 0.25) is 0 Å². The van der Waals surface area contributed by atoms with E-state index in [1.807, 2.05) is 0 Å². The van der Waals surface area contributed by atoms with Crippen LogP contribution in [0, 0.1) is 17.6 Å². The van der Waals surface area contributed by atoms with Crippen LogP contribution >= 0.6 is 0 Å². The van der Waals surface area contributed by atoms with Crippen molar-refractivity contribution >= 4 is 11.9 Å². The molecule has 1 heterocycles. The molecule has 0 spiro atoms. The number of hydrogen-bond acceptors (Lipinski definition) is 3. The molecule has 0 aromatic heterocycles. The van der Waals surface area contributed by atoms with E-state index < -0.39 is 17.6 Å². The van der Waals surface area contributed by atoms with Gasteiger partial charge in [0.25, 0.3) is 0 Å². The number of aliphatic carboxylic acids is 1. The monoisotopic (exact) mass is 327 g/mol. The van der Waals surface area contributed by atoms with Crippen molar-refractivity contribution in [3.63, 3.8) is 0 Å². The van der Waals surface area contributed by atoms with Crippen LogP contribution in [0.4, 0.5) is 8.78 Å². The van der Waals surface area contributed by atoms with Crippen molar-refractivity contribution < 1.29 is 28.2 Å². The van der Waals surface area contributed by atoms with Gasteiger partial charge in [-0.3, -0.25) is 9.59 Å². The maximum atomic E-state index is 13.3. The highest BCUT2D eigenvalue weighted by Crippen LogP contribution is 2.20. The Balaban J connectivity index is 2.10. The molecule has 0 saturated carbocycles. The molecular weight excluding hydrogens is 308 g/mol. The Kier molecular flexibility index (Phi) is 6.04. The van der Waals surface area contributed by atoms with Crippen molar-refractivity contribution in [2.75, 3.05) is 19.8 Å². The van der Waals surface area contributed by atoms with E-state index >= 15 is 0 Å². The van der Waals surface area contributed by atoms with Gasteiger partial charge < -0.3 is 14.7 Å². The highest BCUT2D eigenvalue weighted by atomic mass is 19.2. The van der Waals surface area contributed by atoms with Gasteiger partial charge in [0.1, 0.15) is 0 Å². The van der Waals surface area contributed by atoms with Gasteiger partial charge in [0.15, 0.2) is 11.6 Å². The minimum atomic E-state index is -1.01. The molecule has 1 aliphatic heterocycles. The Morgan fingerprint density at radius 3 is 2.52 bits per heavy atom. The molecular formula is C16H19F2NO4. The van der Waals surface area contributed by atoms with E-state index in [1.54, 1.807) is 0 Å². The Bertz CT molecular complexity index is 573. The topological polar surface area (TPSA) is 66.8 Å². The van der Waals surface area contributed by atoms with Crippen LogP contribution in [0.25, 0.3) is 0 Å². The first-order valence-corrected chi connectivity index (χ1v) is 7.49. The molecule has 2 rings (SSSR count). The zero-order valence-electron chi connectivity index (χ0n) is 12.6. The SMILES string of the molecule is O=C(O)CCN(Cc1ccc(F)c(F)c1)C(=O)C1CCOCC1. The summed E-state index contributed by atoms with van der Waals surface area (Å²) in [7, 11) is 0. The minimum absolute atomic E-state index is 0.0323. The van der Waals surface area contributed by atoms with Gasteiger partial charge in [0.05, 0.1) is 6.42 Å². The molecule has 1 aromatic rings. The summed E-state index contributed by atoms with van der Waals surface area (Å²) >= 11 is 0. The van der Waals surface area contributed by atoms with Crippen LogP contribution in [0.1, 0.15) is 24.8 Å². The van der Waals surface area contributed by atoms with Gasteiger partial charge in [-0.15, -0.1) is 0 Å². The predicted octanol–water partition coefficient (Wildman–Crippen LogP) is 2.19. The molecule has 0 unspecified atom stereocenters. The number of ether oxygens (including phenoxy) is 1. The van der Waals surface area contributed by atoms with E-state index in [0.29, 0.717) is 31.6 Å². The lowest BCUT2D eigenvalue weighted by atomic mass is 9.98. The van der Waals surface area contributed by atoms with Gasteiger partial charge in [0.2, 0.25) is 5.91 Å². The van der Waals surface area contributed by atoms with Crippen molar-refractivity contribution in [2.45, 2.75) is 25.8 Å². The zero-order chi connectivity index (χ0) is 16.8. The summed E-state index contributed by atoms with van der Waals surface area (Å²) in [6.07, 6.45) is 0.971. The standard InChI is InChI=1S/C16H19F2NO4/c17-13-2-1-11(9-14(13)18)10-19(6-3-15(20)21)16(22)12-4-7-23-8-5-12/h1-2,9,12H,3-8,10H2,(H,20,21). The predicted molar refractivity (Wildman–Crippen MR) is 77.6 cm³/mol. The first-order valence-electron chi connectivity index (χ1n) is 7.49. The minimum Gasteiger partial charge on any atom is -0.481 e. The third-order valence-electron chi connectivity index (χ3n) is 3.84. The molecule has 0 radical (unpaired) electrons. The summed E-state index contributed by atoms with van der Waals surface area (Å²) in [6.45, 7) is 1.08. The molecule has 1 saturated heterocycles. The zero-order valence-corrected chi connectivity index (χ0v) is 12.6. The maximum absolute atomic E-state index is 13.3. The Labute approximate surface area is 132 Å². The number of carbonyl (C=O) groups is 2. The number of carbonyl (C=O) groups excluding carboxylic acids is 1. The van der Waals surface area contributed by atoms with Crippen LogP contribution in [0.5, 0.6) is 0 Å². The summed E-state index contributed by atoms with van der Waals surface area (Å²) < 4.78 is 31.5. The number of benzene rings is 1. The number of carboxylic acids is 1. The van der Waals surface area contributed by atoms with Gasteiger partial charge >= 0.3 is 5.97 Å². The number of nitrogens with zero attached hydrogens (tertiary/aromatic N) is 1. The van der Waals surface area contributed by atoms with Crippen molar-refractivity contribution in [2.24, 2.45) is 5.92 Å². The van der Waals surface area contributed by atoms with Crippen LogP contribution in [0.3, 0.4) is 0 Å². The average molecular weight is 327 g/mol. The third-order valence-corrected chi connectivity index (χ3v) is 3.84. The molecule has 0 bridgehead atoms. The Hall–Kier alpha value is -2.02. The smallest absolute Gasteiger partial charge is 0.305 e. The summed E-state index contributed by atoms with van der Waals surface area (Å²) in [5, 5.41) is 8.83. The molecule has 5 nitrogen and oxygen atoms in total. The van der Waals surface area contributed by atoms with Crippen molar-refractivity contribution in [3.8, 4) is 0 Å². The highest BCUT2D eigenvalue weighted by Gasteiger charge is 2.27. The molecule has 0 aliphatic carbocycles. The van der Waals surface area contributed by atoms with Gasteiger partial charge in [-0.1, -0.05) is 6.07 Å². The number of hydrogen-bond donors (Lipinski definition) is 1. The largest absolute Gasteiger partial charge is 0.481 e. The van der Waals surface area contributed by atoms with Crippen molar-refractivity contribution in [3.05, 3.63) is 35.4 Å². The molecule has 7 heteroatoms. The molecule has 1 N–H and O–H groups in total.